The van der Waals surface area contributed by atoms with Crippen LogP contribution in [0, 0.1) is 11.3 Å². The Bertz CT molecular complexity index is 1740. The summed E-state index contributed by atoms with van der Waals surface area (Å²) in [4.78, 5) is 45.4. The van der Waals surface area contributed by atoms with E-state index in [-0.39, 0.29) is 36.8 Å². The predicted molar refractivity (Wildman–Crippen MR) is 160 cm³/mol. The largest absolute Gasteiger partial charge is 0.326 e. The number of carbonyl (C=O) groups excluding carboxylic acids is 2. The smallest absolute Gasteiger partial charge is 0.282 e. The summed E-state index contributed by atoms with van der Waals surface area (Å²) in [5, 5.41) is 15.7. The summed E-state index contributed by atoms with van der Waals surface area (Å²) in [6, 6.07) is 11.6. The molecule has 0 spiro atoms. The highest BCUT2D eigenvalue weighted by Gasteiger charge is 2.46. The molecular weight excluding hydrogens is 554 g/mol. The van der Waals surface area contributed by atoms with Crippen LogP contribution in [0.5, 0.6) is 0 Å². The van der Waals surface area contributed by atoms with Crippen LogP contribution in [-0.4, -0.2) is 50.8 Å². The quantitative estimate of drug-likeness (QED) is 0.378. The molecule has 2 saturated carbocycles. The van der Waals surface area contributed by atoms with Gasteiger partial charge < -0.3 is 20.1 Å². The monoisotopic (exact) mass is 590 g/mol. The zero-order valence-corrected chi connectivity index (χ0v) is 24.0. The van der Waals surface area contributed by atoms with Crippen molar-refractivity contribution in [2.45, 2.75) is 63.0 Å². The summed E-state index contributed by atoms with van der Waals surface area (Å²) in [5.74, 6) is -3.76. The molecular formula is C32H36F2N6O3. The van der Waals surface area contributed by atoms with Gasteiger partial charge in [0.2, 0.25) is 0 Å². The second-order valence-electron chi connectivity index (χ2n) is 12.2. The first-order valence-corrected chi connectivity index (χ1v) is 14.4. The highest BCUT2D eigenvalue weighted by Crippen LogP contribution is 2.41. The zero-order chi connectivity index (χ0) is 30.5. The number of alkyl halides is 2. The van der Waals surface area contributed by atoms with Gasteiger partial charge in [-0.1, -0.05) is 6.07 Å². The molecule has 11 heteroatoms. The van der Waals surface area contributed by atoms with Gasteiger partial charge in [-0.2, -0.15) is 5.26 Å². The number of anilines is 1. The fourth-order valence-corrected chi connectivity index (χ4v) is 5.65. The zero-order valence-electron chi connectivity index (χ0n) is 24.0. The third-order valence-corrected chi connectivity index (χ3v) is 8.57. The summed E-state index contributed by atoms with van der Waals surface area (Å²) in [7, 11) is 1.61. The van der Waals surface area contributed by atoms with Gasteiger partial charge in [-0.15, -0.1) is 0 Å². The SMILES string of the molecule is Cn1cc(CNC2(C)CCC2)cc(C(=O)Nc2cc(-c3ccc(C#N)cc3C(=O)N3CC(F)(F)C3)cc(C3CC3)n2)c1=O.[HH].[HH]. The lowest BCUT2D eigenvalue weighted by atomic mass is 9.78. The van der Waals surface area contributed by atoms with Crippen LogP contribution in [0.2, 0.25) is 0 Å². The molecule has 0 radical (unpaired) electrons. The molecule has 2 N–H and O–H groups in total. The number of nitrogens with zero attached hydrogens (tertiary/aromatic N) is 4. The third-order valence-electron chi connectivity index (χ3n) is 8.57. The molecule has 2 amide bonds. The van der Waals surface area contributed by atoms with Crippen molar-refractivity contribution < 1.29 is 21.2 Å². The lowest BCUT2D eigenvalue weighted by molar-refractivity contribution is -0.113. The number of hydrogen-bond donors (Lipinski definition) is 2. The first kappa shape index (κ1) is 28.7. The lowest BCUT2D eigenvalue weighted by Crippen LogP contribution is -2.58. The van der Waals surface area contributed by atoms with Gasteiger partial charge in [0, 0.05) is 45.4 Å². The topological polar surface area (TPSA) is 120 Å². The number of nitrogens with one attached hydrogen (secondary N) is 2. The van der Waals surface area contributed by atoms with Crippen LogP contribution >= 0.6 is 0 Å². The first-order chi connectivity index (χ1) is 20.4. The van der Waals surface area contributed by atoms with E-state index in [0.29, 0.717) is 23.4 Å². The number of aromatic nitrogens is 2. The molecule has 0 unspecified atom stereocenters. The number of benzene rings is 1. The van der Waals surface area contributed by atoms with Crippen LogP contribution in [-0.2, 0) is 13.6 Å². The number of aryl methyl sites for hydroxylation is 1. The van der Waals surface area contributed by atoms with Gasteiger partial charge in [0.1, 0.15) is 11.4 Å². The number of halogens is 2. The minimum Gasteiger partial charge on any atom is -0.326 e. The normalized spacial score (nSPS) is 18.3. The van der Waals surface area contributed by atoms with E-state index < -0.39 is 36.4 Å². The van der Waals surface area contributed by atoms with Crippen molar-refractivity contribution in [3.05, 3.63) is 80.9 Å². The molecule has 3 heterocycles. The molecule has 3 aromatic rings. The maximum Gasteiger partial charge on any atom is 0.282 e. The molecule has 43 heavy (non-hydrogen) atoms. The number of hydrogen-bond acceptors (Lipinski definition) is 6. The minimum absolute atomic E-state index is 0. The van der Waals surface area contributed by atoms with Crippen molar-refractivity contribution in [1.82, 2.24) is 19.8 Å². The van der Waals surface area contributed by atoms with Crippen LogP contribution < -0.4 is 16.2 Å². The molecule has 0 bridgehead atoms. The second-order valence-corrected chi connectivity index (χ2v) is 12.2. The van der Waals surface area contributed by atoms with E-state index in [1.807, 2.05) is 12.1 Å². The fourth-order valence-electron chi connectivity index (χ4n) is 5.65. The second kappa shape index (κ2) is 10.7. The van der Waals surface area contributed by atoms with Gasteiger partial charge in [-0.25, -0.2) is 13.8 Å². The van der Waals surface area contributed by atoms with E-state index in [2.05, 4.69) is 22.5 Å². The van der Waals surface area contributed by atoms with Crippen LogP contribution in [0.25, 0.3) is 11.1 Å². The molecule has 0 atom stereocenters. The number of rotatable bonds is 8. The molecule has 3 fully saturated rings. The van der Waals surface area contributed by atoms with Crippen LogP contribution in [0.1, 0.15) is 85.3 Å². The van der Waals surface area contributed by atoms with Crippen LogP contribution in [0.4, 0.5) is 14.6 Å². The Hall–Kier alpha value is -4.43. The fraction of sp³-hybridized carbons (Fsp3) is 0.406. The van der Waals surface area contributed by atoms with Crippen molar-refractivity contribution in [3.8, 4) is 17.2 Å². The number of carbonyl (C=O) groups is 2. The average Bonchev–Trinajstić information content (AvgIpc) is 3.80. The number of likely N-dealkylation sites (tertiary alicyclic amines) is 1. The van der Waals surface area contributed by atoms with Crippen molar-refractivity contribution in [3.63, 3.8) is 0 Å². The van der Waals surface area contributed by atoms with E-state index in [1.54, 1.807) is 37.5 Å². The van der Waals surface area contributed by atoms with E-state index in [1.165, 1.54) is 17.1 Å². The molecule has 2 aromatic heterocycles. The van der Waals surface area contributed by atoms with Crippen LogP contribution in [0.15, 0.2) is 47.4 Å². The summed E-state index contributed by atoms with van der Waals surface area (Å²) >= 11 is 0. The molecule has 226 valence electrons. The van der Waals surface area contributed by atoms with Crippen molar-refractivity contribution in [1.29, 1.82) is 5.26 Å². The Morgan fingerprint density at radius 3 is 2.51 bits per heavy atom. The summed E-state index contributed by atoms with van der Waals surface area (Å²) in [5.41, 5.74) is 2.44. The average molecular weight is 591 g/mol. The summed E-state index contributed by atoms with van der Waals surface area (Å²) < 4.78 is 28.5. The Morgan fingerprint density at radius 1 is 1.14 bits per heavy atom. The van der Waals surface area contributed by atoms with E-state index >= 15 is 0 Å². The first-order valence-electron chi connectivity index (χ1n) is 14.4. The molecule has 1 aromatic carbocycles. The van der Waals surface area contributed by atoms with Crippen molar-refractivity contribution >= 4 is 17.6 Å². The van der Waals surface area contributed by atoms with E-state index in [0.717, 1.165) is 36.1 Å². The summed E-state index contributed by atoms with van der Waals surface area (Å²) in [6.07, 6.45) is 6.88. The van der Waals surface area contributed by atoms with Gasteiger partial charge in [0.05, 0.1) is 24.7 Å². The Balaban J connectivity index is 0.00000230. The third kappa shape index (κ3) is 5.92. The number of nitriles is 1. The predicted octanol–water partition coefficient (Wildman–Crippen LogP) is 5.06. The maximum atomic E-state index is 13.6. The van der Waals surface area contributed by atoms with Crippen molar-refractivity contribution in [2.75, 3.05) is 18.4 Å². The van der Waals surface area contributed by atoms with E-state index in [9.17, 15) is 28.4 Å². The maximum absolute atomic E-state index is 13.6. The molecule has 3 aliphatic rings. The Morgan fingerprint density at radius 2 is 1.88 bits per heavy atom. The number of pyridine rings is 2. The summed E-state index contributed by atoms with van der Waals surface area (Å²) in [6.45, 7) is 1.31. The highest BCUT2D eigenvalue weighted by molar-refractivity contribution is 6.05. The van der Waals surface area contributed by atoms with Gasteiger partial charge in [0.15, 0.2) is 0 Å². The van der Waals surface area contributed by atoms with Crippen LogP contribution in [0.3, 0.4) is 0 Å². The molecule has 9 nitrogen and oxygen atoms in total. The minimum atomic E-state index is -2.94. The molecule has 2 aliphatic carbocycles. The van der Waals surface area contributed by atoms with Gasteiger partial charge in [-0.3, -0.25) is 14.4 Å². The highest BCUT2D eigenvalue weighted by atomic mass is 19.3. The molecule has 1 aliphatic heterocycles. The number of amides is 2. The van der Waals surface area contributed by atoms with Gasteiger partial charge in [0.25, 0.3) is 23.3 Å². The molecule has 1 saturated heterocycles. The Kier molecular flexibility index (Phi) is 7.13. The van der Waals surface area contributed by atoms with Gasteiger partial charge >= 0.3 is 0 Å². The molecule has 6 rings (SSSR count). The van der Waals surface area contributed by atoms with E-state index in [4.69, 9.17) is 0 Å². The standard InChI is InChI=1S/C32H32F2N6O3.2H2/c1-31(8-3-9-31)36-15-20-11-25(29(42)39(2)16-20)28(41)38-27-13-22(12-26(37-27)21-5-6-21)23-7-4-19(14-35)10-24(23)30(43)40-17-32(33,34)18-40;;/h4,7,10-13,16,21,36H,3,5-6,8-9,15,17-18H2,1-2H3,(H,37,38,41);2*1H. The van der Waals surface area contributed by atoms with Crippen molar-refractivity contribution in [2.24, 2.45) is 7.05 Å². The lowest BCUT2D eigenvalue weighted by Gasteiger charge is -2.39. The van der Waals surface area contributed by atoms with Gasteiger partial charge in [-0.05, 0) is 86.1 Å². The Labute approximate surface area is 250 Å².